The predicted molar refractivity (Wildman–Crippen MR) is 104 cm³/mol. The maximum absolute atomic E-state index is 11.9. The highest BCUT2D eigenvalue weighted by Crippen LogP contribution is 2.17. The van der Waals surface area contributed by atoms with Crippen LogP contribution in [0.1, 0.15) is 19.4 Å². The van der Waals surface area contributed by atoms with Crippen LogP contribution in [-0.2, 0) is 0 Å². The lowest BCUT2D eigenvalue weighted by Crippen LogP contribution is -2.32. The first-order chi connectivity index (χ1) is 12.1. The van der Waals surface area contributed by atoms with Crippen molar-refractivity contribution >= 4 is 17.4 Å². The lowest BCUT2D eigenvalue weighted by Gasteiger charge is -2.21. The van der Waals surface area contributed by atoms with Gasteiger partial charge in [0, 0.05) is 24.5 Å². The number of aryl methyl sites for hydroxylation is 1. The Bertz CT molecular complexity index is 650. The van der Waals surface area contributed by atoms with Gasteiger partial charge < -0.3 is 20.3 Å². The van der Waals surface area contributed by atoms with Crippen molar-refractivity contribution in [3.8, 4) is 5.75 Å². The Morgan fingerprint density at radius 3 is 2.24 bits per heavy atom. The Morgan fingerprint density at radius 1 is 1.00 bits per heavy atom. The molecule has 0 atom stereocenters. The zero-order valence-electron chi connectivity index (χ0n) is 15.2. The molecule has 0 aliphatic rings. The third-order valence-electron chi connectivity index (χ3n) is 3.93. The smallest absolute Gasteiger partial charge is 0.319 e. The fourth-order valence-electron chi connectivity index (χ4n) is 2.49. The van der Waals surface area contributed by atoms with Crippen molar-refractivity contribution in [3.63, 3.8) is 0 Å². The quantitative estimate of drug-likeness (QED) is 0.713. The molecule has 0 saturated carbocycles. The molecule has 0 heterocycles. The van der Waals surface area contributed by atoms with Crippen molar-refractivity contribution in [2.75, 3.05) is 36.5 Å². The van der Waals surface area contributed by atoms with Crippen molar-refractivity contribution < 1.29 is 9.53 Å². The Hall–Kier alpha value is -2.69. The lowest BCUT2D eigenvalue weighted by atomic mass is 10.2. The molecule has 0 aromatic heterocycles. The first-order valence-corrected chi connectivity index (χ1v) is 8.71. The van der Waals surface area contributed by atoms with Gasteiger partial charge in [0.2, 0.25) is 0 Å². The van der Waals surface area contributed by atoms with Crippen molar-refractivity contribution in [2.24, 2.45) is 0 Å². The van der Waals surface area contributed by atoms with Gasteiger partial charge in [0.25, 0.3) is 0 Å². The summed E-state index contributed by atoms with van der Waals surface area (Å²) in [6.45, 7) is 9.08. The summed E-state index contributed by atoms with van der Waals surface area (Å²) in [6, 6.07) is 15.5. The zero-order valence-corrected chi connectivity index (χ0v) is 15.2. The van der Waals surface area contributed by atoms with Gasteiger partial charge in [-0.3, -0.25) is 0 Å². The second-order valence-corrected chi connectivity index (χ2v) is 5.76. The highest BCUT2D eigenvalue weighted by molar-refractivity contribution is 5.89. The largest absolute Gasteiger partial charge is 0.492 e. The molecule has 2 amide bonds. The highest BCUT2D eigenvalue weighted by atomic mass is 16.5. The maximum atomic E-state index is 11.9. The van der Waals surface area contributed by atoms with Crippen LogP contribution in [0.2, 0.25) is 0 Å². The van der Waals surface area contributed by atoms with Gasteiger partial charge in [0.15, 0.2) is 0 Å². The van der Waals surface area contributed by atoms with Gasteiger partial charge in [-0.15, -0.1) is 0 Å². The van der Waals surface area contributed by atoms with Crippen LogP contribution in [0.3, 0.4) is 0 Å². The molecule has 25 heavy (non-hydrogen) atoms. The summed E-state index contributed by atoms with van der Waals surface area (Å²) in [5, 5.41) is 5.61. The molecule has 5 heteroatoms. The zero-order chi connectivity index (χ0) is 18.1. The number of anilines is 2. The number of carbonyl (C=O) groups is 1. The standard InChI is InChI=1S/C20H27N3O2/c1-4-23(5-2)18-10-8-17(9-11-18)22-20(24)21-14-15-25-19-12-6-16(3)7-13-19/h6-13H,4-5,14-15H2,1-3H3,(H2,21,22,24). The summed E-state index contributed by atoms with van der Waals surface area (Å²) in [6.07, 6.45) is 0. The Balaban J connectivity index is 1.72. The van der Waals surface area contributed by atoms with Crippen LogP contribution in [0.4, 0.5) is 16.2 Å². The Kier molecular flexibility index (Phi) is 7.14. The average Bonchev–Trinajstić information content (AvgIpc) is 2.63. The molecule has 0 unspecified atom stereocenters. The van der Waals surface area contributed by atoms with Crippen molar-refractivity contribution in [1.29, 1.82) is 0 Å². The van der Waals surface area contributed by atoms with Gasteiger partial charge >= 0.3 is 6.03 Å². The van der Waals surface area contributed by atoms with Gasteiger partial charge in [0.1, 0.15) is 12.4 Å². The summed E-state index contributed by atoms with van der Waals surface area (Å²) >= 11 is 0. The summed E-state index contributed by atoms with van der Waals surface area (Å²) in [5.74, 6) is 0.805. The molecule has 0 radical (unpaired) electrons. The topological polar surface area (TPSA) is 53.6 Å². The molecule has 5 nitrogen and oxygen atoms in total. The molecule has 2 N–H and O–H groups in total. The van der Waals surface area contributed by atoms with Crippen LogP contribution in [0.25, 0.3) is 0 Å². The molecule has 0 fully saturated rings. The molecule has 134 valence electrons. The van der Waals surface area contributed by atoms with Crippen molar-refractivity contribution in [1.82, 2.24) is 5.32 Å². The first kappa shape index (κ1) is 18.6. The molecule has 0 saturated heterocycles. The van der Waals surface area contributed by atoms with E-state index < -0.39 is 0 Å². The van der Waals surface area contributed by atoms with E-state index in [1.54, 1.807) is 0 Å². The van der Waals surface area contributed by atoms with Crippen LogP contribution >= 0.6 is 0 Å². The molecule has 0 aliphatic carbocycles. The number of amides is 2. The molecular formula is C20H27N3O2. The molecule has 0 spiro atoms. The second-order valence-electron chi connectivity index (χ2n) is 5.76. The number of hydrogen-bond acceptors (Lipinski definition) is 3. The minimum absolute atomic E-state index is 0.233. The molecule has 0 aliphatic heterocycles. The fraction of sp³-hybridized carbons (Fsp3) is 0.350. The van der Waals surface area contributed by atoms with E-state index in [0.29, 0.717) is 13.2 Å². The van der Waals surface area contributed by atoms with E-state index in [2.05, 4.69) is 29.4 Å². The number of benzene rings is 2. The van der Waals surface area contributed by atoms with Crippen LogP contribution < -0.4 is 20.3 Å². The van der Waals surface area contributed by atoms with Crippen LogP contribution in [0.15, 0.2) is 48.5 Å². The second kappa shape index (κ2) is 9.57. The van der Waals surface area contributed by atoms with E-state index in [-0.39, 0.29) is 6.03 Å². The summed E-state index contributed by atoms with van der Waals surface area (Å²) in [5.41, 5.74) is 3.12. The van der Waals surface area contributed by atoms with E-state index in [4.69, 9.17) is 4.74 Å². The van der Waals surface area contributed by atoms with Crippen LogP contribution in [0, 0.1) is 6.92 Å². The number of ether oxygens (including phenoxy) is 1. The van der Waals surface area contributed by atoms with E-state index >= 15 is 0 Å². The predicted octanol–water partition coefficient (Wildman–Crippen LogP) is 4.04. The molecule has 2 aromatic rings. The number of hydrogen-bond donors (Lipinski definition) is 2. The van der Waals surface area contributed by atoms with Gasteiger partial charge in [0.05, 0.1) is 6.54 Å². The third-order valence-corrected chi connectivity index (χ3v) is 3.93. The Labute approximate surface area is 150 Å². The summed E-state index contributed by atoms with van der Waals surface area (Å²) in [7, 11) is 0. The monoisotopic (exact) mass is 341 g/mol. The number of rotatable bonds is 8. The molecule has 2 rings (SSSR count). The lowest BCUT2D eigenvalue weighted by molar-refractivity contribution is 0.247. The third kappa shape index (κ3) is 6.03. The SMILES string of the molecule is CCN(CC)c1ccc(NC(=O)NCCOc2ccc(C)cc2)cc1. The normalized spacial score (nSPS) is 10.2. The highest BCUT2D eigenvalue weighted by Gasteiger charge is 2.04. The van der Waals surface area contributed by atoms with E-state index in [0.717, 1.165) is 30.2 Å². The number of urea groups is 1. The minimum atomic E-state index is -0.233. The molecule has 2 aromatic carbocycles. The van der Waals surface area contributed by atoms with Gasteiger partial charge in [-0.25, -0.2) is 4.79 Å². The van der Waals surface area contributed by atoms with E-state index in [1.807, 2.05) is 55.5 Å². The fourth-order valence-corrected chi connectivity index (χ4v) is 2.49. The summed E-state index contributed by atoms with van der Waals surface area (Å²) < 4.78 is 5.58. The number of nitrogens with zero attached hydrogens (tertiary/aromatic N) is 1. The van der Waals surface area contributed by atoms with Gasteiger partial charge in [-0.05, 0) is 57.2 Å². The van der Waals surface area contributed by atoms with E-state index in [1.165, 1.54) is 5.56 Å². The average molecular weight is 341 g/mol. The number of carbonyl (C=O) groups excluding carboxylic acids is 1. The maximum Gasteiger partial charge on any atom is 0.319 e. The number of nitrogens with one attached hydrogen (secondary N) is 2. The first-order valence-electron chi connectivity index (χ1n) is 8.71. The van der Waals surface area contributed by atoms with Crippen molar-refractivity contribution in [3.05, 3.63) is 54.1 Å². The van der Waals surface area contributed by atoms with E-state index in [9.17, 15) is 4.79 Å². The van der Waals surface area contributed by atoms with Crippen LogP contribution in [-0.4, -0.2) is 32.3 Å². The van der Waals surface area contributed by atoms with Crippen LogP contribution in [0.5, 0.6) is 5.75 Å². The van der Waals surface area contributed by atoms with Gasteiger partial charge in [-0.2, -0.15) is 0 Å². The Morgan fingerprint density at radius 2 is 1.64 bits per heavy atom. The minimum Gasteiger partial charge on any atom is -0.492 e. The summed E-state index contributed by atoms with van der Waals surface area (Å²) in [4.78, 5) is 14.2. The molecular weight excluding hydrogens is 314 g/mol. The van der Waals surface area contributed by atoms with Crippen molar-refractivity contribution in [2.45, 2.75) is 20.8 Å². The van der Waals surface area contributed by atoms with Gasteiger partial charge in [-0.1, -0.05) is 17.7 Å². The molecule has 0 bridgehead atoms.